The van der Waals surface area contributed by atoms with Gasteiger partial charge in [0.25, 0.3) is 0 Å². The number of hydrogen-bond acceptors (Lipinski definition) is 1. The maximum absolute atomic E-state index is 7.51. The maximum atomic E-state index is 7.51. The molecule has 0 bridgehead atoms. The van der Waals surface area contributed by atoms with Gasteiger partial charge in [-0.2, -0.15) is 0 Å². The lowest BCUT2D eigenvalue weighted by Crippen LogP contribution is -2.22. The molecule has 0 aromatic carbocycles. The summed E-state index contributed by atoms with van der Waals surface area (Å²) in [6.45, 7) is 5.31. The minimum absolute atomic E-state index is 0.686. The van der Waals surface area contributed by atoms with Crippen LogP contribution in [0, 0.1) is 5.41 Å². The van der Waals surface area contributed by atoms with E-state index in [-0.39, 0.29) is 0 Å². The van der Waals surface area contributed by atoms with E-state index in [1.54, 1.807) is 0 Å². The summed E-state index contributed by atoms with van der Waals surface area (Å²) in [5.74, 6) is 0.686. The van der Waals surface area contributed by atoms with E-state index in [1.807, 2.05) is 6.92 Å². The molecule has 22 heavy (non-hydrogen) atoms. The van der Waals surface area contributed by atoms with Crippen molar-refractivity contribution in [2.75, 3.05) is 6.54 Å². The Morgan fingerprint density at radius 2 is 0.955 bits per heavy atom. The lowest BCUT2D eigenvalue weighted by Gasteiger charge is -2.05. The van der Waals surface area contributed by atoms with Crippen LogP contribution in [0.4, 0.5) is 0 Å². The topological polar surface area (TPSA) is 35.9 Å². The molecule has 0 heterocycles. The van der Waals surface area contributed by atoms with Crippen molar-refractivity contribution in [2.45, 2.75) is 117 Å². The highest BCUT2D eigenvalue weighted by Gasteiger charge is 1.95. The van der Waals surface area contributed by atoms with Gasteiger partial charge in [-0.1, -0.05) is 104 Å². The smallest absolute Gasteiger partial charge is 0.0928 e. The number of rotatable bonds is 17. The zero-order valence-corrected chi connectivity index (χ0v) is 15.5. The van der Waals surface area contributed by atoms with Crippen LogP contribution in [0.3, 0.4) is 0 Å². The van der Waals surface area contributed by atoms with Crippen LogP contribution in [0.25, 0.3) is 0 Å². The van der Waals surface area contributed by atoms with Gasteiger partial charge >= 0.3 is 0 Å². The summed E-state index contributed by atoms with van der Waals surface area (Å²) in [7, 11) is 0. The summed E-state index contributed by atoms with van der Waals surface area (Å²) >= 11 is 0. The fourth-order valence-electron chi connectivity index (χ4n) is 2.86. The Kier molecular flexibility index (Phi) is 18.1. The highest BCUT2D eigenvalue weighted by molar-refractivity contribution is 5.78. The van der Waals surface area contributed by atoms with Gasteiger partial charge in [0.2, 0.25) is 0 Å². The minimum atomic E-state index is 0.686. The first-order valence-corrected chi connectivity index (χ1v) is 10.1. The Balaban J connectivity index is 2.98. The molecule has 0 aliphatic rings. The first-order valence-electron chi connectivity index (χ1n) is 10.1. The third kappa shape index (κ3) is 17.5. The first-order chi connectivity index (χ1) is 10.8. The monoisotopic (exact) mass is 310 g/mol. The summed E-state index contributed by atoms with van der Waals surface area (Å²) < 4.78 is 0. The van der Waals surface area contributed by atoms with Crippen LogP contribution in [-0.4, -0.2) is 12.4 Å². The van der Waals surface area contributed by atoms with Gasteiger partial charge in [0.1, 0.15) is 0 Å². The van der Waals surface area contributed by atoms with Crippen LogP contribution in [0.5, 0.6) is 0 Å². The van der Waals surface area contributed by atoms with Crippen molar-refractivity contribution in [1.29, 1.82) is 5.41 Å². The molecule has 0 saturated heterocycles. The second-order valence-electron chi connectivity index (χ2n) is 6.71. The molecule has 2 heteroatoms. The summed E-state index contributed by atoms with van der Waals surface area (Å²) in [5, 5.41) is 10.7. The van der Waals surface area contributed by atoms with Crippen LogP contribution in [0.2, 0.25) is 0 Å². The molecular formula is C20H42N2. The van der Waals surface area contributed by atoms with Crippen molar-refractivity contribution >= 4 is 5.84 Å². The van der Waals surface area contributed by atoms with Gasteiger partial charge in [-0.15, -0.1) is 0 Å². The lowest BCUT2D eigenvalue weighted by atomic mass is 10.0. The Morgan fingerprint density at radius 3 is 1.32 bits per heavy atom. The molecule has 0 atom stereocenters. The zero-order chi connectivity index (χ0) is 16.3. The average Bonchev–Trinajstić information content (AvgIpc) is 2.54. The predicted octanol–water partition coefficient (Wildman–Crippen LogP) is 6.83. The maximum Gasteiger partial charge on any atom is 0.0928 e. The van der Waals surface area contributed by atoms with Gasteiger partial charge < -0.3 is 5.32 Å². The molecule has 0 rings (SSSR count). The SMILES string of the molecule is CCCCCCCCCCCCCCCCCNC(=N)CC. The third-order valence-electron chi connectivity index (χ3n) is 4.47. The molecule has 132 valence electrons. The van der Waals surface area contributed by atoms with Crippen LogP contribution in [-0.2, 0) is 0 Å². The fourth-order valence-corrected chi connectivity index (χ4v) is 2.86. The van der Waals surface area contributed by atoms with Gasteiger partial charge in [0.15, 0.2) is 0 Å². The highest BCUT2D eigenvalue weighted by Crippen LogP contribution is 2.13. The molecule has 0 fully saturated rings. The van der Waals surface area contributed by atoms with Crippen LogP contribution in [0.15, 0.2) is 0 Å². The summed E-state index contributed by atoms with van der Waals surface area (Å²) in [5.41, 5.74) is 0. The summed E-state index contributed by atoms with van der Waals surface area (Å²) in [6.07, 6.45) is 22.0. The minimum Gasteiger partial charge on any atom is -0.374 e. The van der Waals surface area contributed by atoms with Crippen molar-refractivity contribution in [3.05, 3.63) is 0 Å². The van der Waals surface area contributed by atoms with E-state index in [0.717, 1.165) is 13.0 Å². The van der Waals surface area contributed by atoms with E-state index < -0.39 is 0 Å². The molecule has 2 N–H and O–H groups in total. The quantitative estimate of drug-likeness (QED) is 0.172. The fraction of sp³-hybridized carbons (Fsp3) is 0.950. The van der Waals surface area contributed by atoms with E-state index in [0.29, 0.717) is 5.84 Å². The van der Waals surface area contributed by atoms with E-state index in [4.69, 9.17) is 5.41 Å². The normalized spacial score (nSPS) is 10.8. The van der Waals surface area contributed by atoms with Gasteiger partial charge in [-0.05, 0) is 6.42 Å². The highest BCUT2D eigenvalue weighted by atomic mass is 14.9. The van der Waals surface area contributed by atoms with Crippen molar-refractivity contribution in [3.8, 4) is 0 Å². The van der Waals surface area contributed by atoms with Crippen molar-refractivity contribution < 1.29 is 0 Å². The van der Waals surface area contributed by atoms with Crippen molar-refractivity contribution in [2.24, 2.45) is 0 Å². The molecule has 0 radical (unpaired) electrons. The number of unbranched alkanes of at least 4 members (excludes halogenated alkanes) is 14. The molecule has 0 aliphatic heterocycles. The van der Waals surface area contributed by atoms with E-state index in [1.165, 1.54) is 96.3 Å². The van der Waals surface area contributed by atoms with E-state index in [9.17, 15) is 0 Å². The Labute approximate surface area is 140 Å². The average molecular weight is 311 g/mol. The molecule has 0 aromatic rings. The van der Waals surface area contributed by atoms with Crippen LogP contribution >= 0.6 is 0 Å². The van der Waals surface area contributed by atoms with E-state index >= 15 is 0 Å². The molecular weight excluding hydrogens is 268 g/mol. The Morgan fingerprint density at radius 1 is 0.591 bits per heavy atom. The Bertz CT molecular complexity index is 226. The van der Waals surface area contributed by atoms with E-state index in [2.05, 4.69) is 12.2 Å². The largest absolute Gasteiger partial charge is 0.374 e. The van der Waals surface area contributed by atoms with Gasteiger partial charge in [0, 0.05) is 13.0 Å². The van der Waals surface area contributed by atoms with Gasteiger partial charge in [0.05, 0.1) is 5.84 Å². The van der Waals surface area contributed by atoms with Crippen LogP contribution in [0.1, 0.15) is 117 Å². The lowest BCUT2D eigenvalue weighted by molar-refractivity contribution is 0.531. The van der Waals surface area contributed by atoms with Gasteiger partial charge in [-0.25, -0.2) is 0 Å². The third-order valence-corrected chi connectivity index (χ3v) is 4.47. The predicted molar refractivity (Wildman–Crippen MR) is 101 cm³/mol. The second kappa shape index (κ2) is 18.5. The molecule has 0 aliphatic carbocycles. The van der Waals surface area contributed by atoms with Gasteiger partial charge in [-0.3, -0.25) is 5.41 Å². The molecule has 0 spiro atoms. The standard InChI is InChI=1S/C20H42N2/c1-3-5-6-7-8-9-10-11-12-13-14-15-16-17-18-19-22-20(21)4-2/h3-19H2,1-2H3,(H2,21,22). The summed E-state index contributed by atoms with van der Waals surface area (Å²) in [4.78, 5) is 0. The number of nitrogens with one attached hydrogen (secondary N) is 2. The Hall–Kier alpha value is -0.530. The van der Waals surface area contributed by atoms with Crippen molar-refractivity contribution in [3.63, 3.8) is 0 Å². The number of amidine groups is 1. The molecule has 0 saturated carbocycles. The molecule has 0 aromatic heterocycles. The molecule has 2 nitrogen and oxygen atoms in total. The number of hydrogen-bond donors (Lipinski definition) is 2. The first kappa shape index (κ1) is 21.5. The zero-order valence-electron chi connectivity index (χ0n) is 15.5. The van der Waals surface area contributed by atoms with Crippen LogP contribution < -0.4 is 5.32 Å². The molecule has 0 unspecified atom stereocenters. The van der Waals surface area contributed by atoms with Crippen molar-refractivity contribution in [1.82, 2.24) is 5.32 Å². The molecule has 0 amide bonds. The second-order valence-corrected chi connectivity index (χ2v) is 6.71. The summed E-state index contributed by atoms with van der Waals surface area (Å²) in [6, 6.07) is 0.